The average molecular weight is 208 g/mol. The van der Waals surface area contributed by atoms with Crippen molar-refractivity contribution >= 4 is 5.97 Å². The Balaban J connectivity index is 2.18. The van der Waals surface area contributed by atoms with Crippen molar-refractivity contribution < 1.29 is 23.4 Å². The standard InChI is InChI=1S/C9H14F2O3/c1-8(2,3)14-13-7(12)4-6-5-9(6,10)11/h6H,4-5H2,1-3H3. The second kappa shape index (κ2) is 3.46. The highest BCUT2D eigenvalue weighted by Gasteiger charge is 2.57. The summed E-state index contributed by atoms with van der Waals surface area (Å²) in [5, 5.41) is 0. The van der Waals surface area contributed by atoms with Gasteiger partial charge >= 0.3 is 5.97 Å². The van der Waals surface area contributed by atoms with Gasteiger partial charge in [-0.25, -0.2) is 13.6 Å². The monoisotopic (exact) mass is 208 g/mol. The quantitative estimate of drug-likeness (QED) is 0.527. The number of carbonyl (C=O) groups is 1. The predicted octanol–water partition coefficient (Wildman–Crippen LogP) is 2.31. The van der Waals surface area contributed by atoms with Crippen LogP contribution in [0.2, 0.25) is 0 Å². The van der Waals surface area contributed by atoms with Gasteiger partial charge in [0.2, 0.25) is 0 Å². The van der Waals surface area contributed by atoms with Crippen LogP contribution in [0.25, 0.3) is 0 Å². The highest BCUT2D eigenvalue weighted by atomic mass is 19.3. The molecule has 5 heteroatoms. The number of hydrogen-bond acceptors (Lipinski definition) is 3. The van der Waals surface area contributed by atoms with Crippen LogP contribution < -0.4 is 0 Å². The second-order valence-electron chi connectivity index (χ2n) is 4.52. The summed E-state index contributed by atoms with van der Waals surface area (Å²) in [5.41, 5.74) is -0.609. The van der Waals surface area contributed by atoms with Crippen LogP contribution in [0.15, 0.2) is 0 Å². The fourth-order valence-electron chi connectivity index (χ4n) is 0.898. The van der Waals surface area contributed by atoms with Crippen LogP contribution in [-0.4, -0.2) is 17.5 Å². The van der Waals surface area contributed by atoms with E-state index in [2.05, 4.69) is 4.89 Å². The molecule has 0 aliphatic heterocycles. The predicted molar refractivity (Wildman–Crippen MR) is 44.6 cm³/mol. The average Bonchev–Trinajstić information content (AvgIpc) is 2.53. The minimum absolute atomic E-state index is 0.225. The van der Waals surface area contributed by atoms with E-state index >= 15 is 0 Å². The first-order valence-electron chi connectivity index (χ1n) is 4.47. The third-order valence-electron chi connectivity index (χ3n) is 1.75. The van der Waals surface area contributed by atoms with Crippen molar-refractivity contribution in [2.45, 2.75) is 45.1 Å². The highest BCUT2D eigenvalue weighted by molar-refractivity contribution is 5.69. The smallest absolute Gasteiger partial charge is 0.298 e. The third kappa shape index (κ3) is 3.57. The highest BCUT2D eigenvalue weighted by Crippen LogP contribution is 2.50. The summed E-state index contributed by atoms with van der Waals surface area (Å²) in [7, 11) is 0. The Morgan fingerprint density at radius 2 is 2.00 bits per heavy atom. The van der Waals surface area contributed by atoms with Gasteiger partial charge in [-0.3, -0.25) is 4.89 Å². The zero-order valence-corrected chi connectivity index (χ0v) is 8.47. The normalized spacial score (nSPS) is 24.5. The molecule has 0 amide bonds. The molecule has 0 spiro atoms. The largest absolute Gasteiger partial charge is 0.342 e. The summed E-state index contributed by atoms with van der Waals surface area (Å²) in [6, 6.07) is 0. The Bertz CT molecular complexity index is 233. The van der Waals surface area contributed by atoms with Gasteiger partial charge in [-0.2, -0.15) is 4.89 Å². The molecule has 1 saturated carbocycles. The van der Waals surface area contributed by atoms with Crippen LogP contribution >= 0.6 is 0 Å². The van der Waals surface area contributed by atoms with Crippen molar-refractivity contribution in [1.82, 2.24) is 0 Å². The van der Waals surface area contributed by atoms with E-state index < -0.39 is 23.4 Å². The Morgan fingerprint density at radius 3 is 2.36 bits per heavy atom. The van der Waals surface area contributed by atoms with E-state index in [-0.39, 0.29) is 12.8 Å². The minimum Gasteiger partial charge on any atom is -0.298 e. The van der Waals surface area contributed by atoms with Crippen molar-refractivity contribution in [2.24, 2.45) is 5.92 Å². The molecule has 1 fully saturated rings. The zero-order valence-electron chi connectivity index (χ0n) is 8.47. The Morgan fingerprint density at radius 1 is 1.50 bits per heavy atom. The molecule has 0 saturated heterocycles. The fourth-order valence-corrected chi connectivity index (χ4v) is 0.898. The summed E-state index contributed by atoms with van der Waals surface area (Å²) in [6.07, 6.45) is -0.499. The Kier molecular flexibility index (Phi) is 2.81. The van der Waals surface area contributed by atoms with Gasteiger partial charge < -0.3 is 0 Å². The van der Waals surface area contributed by atoms with Gasteiger partial charge in [0.15, 0.2) is 0 Å². The van der Waals surface area contributed by atoms with E-state index in [1.54, 1.807) is 20.8 Å². The number of alkyl halides is 2. The lowest BCUT2D eigenvalue weighted by Gasteiger charge is -2.16. The van der Waals surface area contributed by atoms with Crippen LogP contribution in [-0.2, 0) is 14.6 Å². The maximum absolute atomic E-state index is 12.4. The molecule has 1 aliphatic carbocycles. The first kappa shape index (κ1) is 11.4. The molecule has 0 bridgehead atoms. The Labute approximate surface area is 81.3 Å². The second-order valence-corrected chi connectivity index (χ2v) is 4.52. The van der Waals surface area contributed by atoms with Gasteiger partial charge in [0.1, 0.15) is 5.60 Å². The van der Waals surface area contributed by atoms with E-state index in [1.165, 1.54) is 0 Å². The maximum atomic E-state index is 12.4. The van der Waals surface area contributed by atoms with Crippen LogP contribution in [0.5, 0.6) is 0 Å². The maximum Gasteiger partial charge on any atom is 0.342 e. The zero-order chi connectivity index (χ0) is 11.0. The molecule has 1 atom stereocenters. The van der Waals surface area contributed by atoms with Gasteiger partial charge in [-0.1, -0.05) is 0 Å². The molecule has 82 valence electrons. The van der Waals surface area contributed by atoms with Crippen LogP contribution in [0, 0.1) is 5.92 Å². The molecule has 0 aromatic heterocycles. The fraction of sp³-hybridized carbons (Fsp3) is 0.889. The molecule has 0 aromatic rings. The molecule has 1 rings (SSSR count). The van der Waals surface area contributed by atoms with Gasteiger partial charge in [0.25, 0.3) is 5.92 Å². The van der Waals surface area contributed by atoms with Crippen LogP contribution in [0.3, 0.4) is 0 Å². The molecule has 1 unspecified atom stereocenters. The molecule has 1 aliphatic rings. The molecule has 0 N–H and O–H groups in total. The lowest BCUT2D eigenvalue weighted by atomic mass is 10.2. The number of halogens is 2. The minimum atomic E-state index is -2.68. The number of rotatable bonds is 3. The summed E-state index contributed by atoms with van der Waals surface area (Å²) in [6.45, 7) is 5.10. The molecule has 0 aromatic carbocycles. The summed E-state index contributed by atoms with van der Waals surface area (Å²) in [4.78, 5) is 20.0. The van der Waals surface area contributed by atoms with Crippen LogP contribution in [0.1, 0.15) is 33.6 Å². The summed E-state index contributed by atoms with van der Waals surface area (Å²) < 4.78 is 24.8. The molecular weight excluding hydrogens is 194 g/mol. The van der Waals surface area contributed by atoms with Crippen molar-refractivity contribution in [1.29, 1.82) is 0 Å². The third-order valence-corrected chi connectivity index (χ3v) is 1.75. The van der Waals surface area contributed by atoms with Crippen molar-refractivity contribution in [3.8, 4) is 0 Å². The Hall–Kier alpha value is -0.710. The van der Waals surface area contributed by atoms with Crippen molar-refractivity contribution in [3.05, 3.63) is 0 Å². The number of hydrogen-bond donors (Lipinski definition) is 0. The molecule has 3 nitrogen and oxygen atoms in total. The van der Waals surface area contributed by atoms with E-state index in [4.69, 9.17) is 4.89 Å². The van der Waals surface area contributed by atoms with Gasteiger partial charge in [0, 0.05) is 12.3 Å². The first-order chi connectivity index (χ1) is 6.21. The van der Waals surface area contributed by atoms with Crippen molar-refractivity contribution in [2.75, 3.05) is 0 Å². The summed E-state index contributed by atoms with van der Waals surface area (Å²) >= 11 is 0. The molecule has 0 heterocycles. The molecular formula is C9H14F2O3. The SMILES string of the molecule is CC(C)(C)OOC(=O)CC1CC1(F)F. The lowest BCUT2D eigenvalue weighted by Crippen LogP contribution is -2.22. The van der Waals surface area contributed by atoms with Crippen molar-refractivity contribution in [3.63, 3.8) is 0 Å². The van der Waals surface area contributed by atoms with Gasteiger partial charge in [-0.05, 0) is 20.8 Å². The first-order valence-corrected chi connectivity index (χ1v) is 4.47. The van der Waals surface area contributed by atoms with E-state index in [9.17, 15) is 13.6 Å². The summed E-state index contributed by atoms with van der Waals surface area (Å²) in [5.74, 6) is -4.28. The van der Waals surface area contributed by atoms with Crippen LogP contribution in [0.4, 0.5) is 8.78 Å². The van der Waals surface area contributed by atoms with Gasteiger partial charge in [-0.15, -0.1) is 0 Å². The topological polar surface area (TPSA) is 35.5 Å². The van der Waals surface area contributed by atoms with E-state index in [1.807, 2.05) is 0 Å². The number of carbonyl (C=O) groups excluding carboxylic acids is 1. The van der Waals surface area contributed by atoms with E-state index in [0.29, 0.717) is 0 Å². The van der Waals surface area contributed by atoms with E-state index in [0.717, 1.165) is 0 Å². The molecule has 0 radical (unpaired) electrons. The lowest BCUT2D eigenvalue weighted by molar-refractivity contribution is -0.320. The van der Waals surface area contributed by atoms with Gasteiger partial charge in [0.05, 0.1) is 6.42 Å². The molecule has 14 heavy (non-hydrogen) atoms.